The summed E-state index contributed by atoms with van der Waals surface area (Å²) < 4.78 is 29.7. The molecule has 1 unspecified atom stereocenters. The van der Waals surface area contributed by atoms with Gasteiger partial charge in [0, 0.05) is 25.6 Å². The minimum absolute atomic E-state index is 0.0715. The van der Waals surface area contributed by atoms with Crippen LogP contribution in [-0.2, 0) is 14.3 Å². The Balaban J connectivity index is 0.00000233. The van der Waals surface area contributed by atoms with Crippen LogP contribution in [0.4, 0.5) is 9.18 Å². The maximum Gasteiger partial charge on any atom is 0.407 e. The Kier molecular flexibility index (Phi) is 12.9. The molecule has 0 bridgehead atoms. The molecule has 1 aromatic carbocycles. The predicted octanol–water partition coefficient (Wildman–Crippen LogP) is 3.94. The average Bonchev–Trinajstić information content (AvgIpc) is 3.22. The number of nitrogens with one attached hydrogen (secondary N) is 1. The fourth-order valence-electron chi connectivity index (χ4n) is 2.98. The number of alkyl carbamates (subject to hydrolysis) is 1. The van der Waals surface area contributed by atoms with Crippen LogP contribution in [0.5, 0.6) is 5.75 Å². The van der Waals surface area contributed by atoms with Crippen LogP contribution in [0.1, 0.15) is 45.6 Å². The van der Waals surface area contributed by atoms with E-state index in [-0.39, 0.29) is 42.8 Å². The first-order valence-electron chi connectivity index (χ1n) is 10.7. The summed E-state index contributed by atoms with van der Waals surface area (Å²) in [5.74, 6) is 0.168. The molecule has 1 aliphatic heterocycles. The van der Waals surface area contributed by atoms with Crippen LogP contribution in [0.2, 0.25) is 0 Å². The molecule has 2 amide bonds. The molecule has 9 heteroatoms. The van der Waals surface area contributed by atoms with Gasteiger partial charge < -0.3 is 24.4 Å². The van der Waals surface area contributed by atoms with Gasteiger partial charge in [0.2, 0.25) is 5.91 Å². The van der Waals surface area contributed by atoms with Crippen molar-refractivity contribution in [3.05, 3.63) is 29.6 Å². The monoisotopic (exact) mass is 460 g/mol. The second-order valence-corrected chi connectivity index (χ2v) is 7.28. The average molecular weight is 461 g/mol. The van der Waals surface area contributed by atoms with E-state index < -0.39 is 6.09 Å². The lowest BCUT2D eigenvalue weighted by atomic mass is 10.0. The van der Waals surface area contributed by atoms with E-state index >= 15 is 0 Å². The van der Waals surface area contributed by atoms with E-state index in [9.17, 15) is 14.0 Å². The lowest BCUT2D eigenvalue weighted by Crippen LogP contribution is -2.34. The molecule has 0 aliphatic carbocycles. The lowest BCUT2D eigenvalue weighted by Gasteiger charge is -2.16. The molecule has 0 aromatic heterocycles. The van der Waals surface area contributed by atoms with Gasteiger partial charge in [0.25, 0.3) is 0 Å². The molecule has 0 saturated carbocycles. The van der Waals surface area contributed by atoms with E-state index in [0.29, 0.717) is 38.5 Å². The van der Waals surface area contributed by atoms with Crippen molar-refractivity contribution in [2.24, 2.45) is 0 Å². The van der Waals surface area contributed by atoms with Gasteiger partial charge in [-0.3, -0.25) is 4.79 Å². The number of hydrogen-bond donors (Lipinski definition) is 1. The second kappa shape index (κ2) is 14.9. The Morgan fingerprint density at radius 3 is 2.68 bits per heavy atom. The van der Waals surface area contributed by atoms with Crippen LogP contribution in [0, 0.1) is 5.82 Å². The molecule has 1 heterocycles. The minimum Gasteiger partial charge on any atom is -0.491 e. The number of amides is 2. The van der Waals surface area contributed by atoms with E-state index in [2.05, 4.69) is 5.32 Å². The summed E-state index contributed by atoms with van der Waals surface area (Å²) in [6.45, 7) is 10.1. The fraction of sp³-hybridized carbons (Fsp3) is 0.636. The maximum absolute atomic E-state index is 13.4. The number of carbonyl (C=O) groups excluding carboxylic acids is 2. The first-order chi connectivity index (χ1) is 14.9. The molecule has 1 aliphatic rings. The van der Waals surface area contributed by atoms with Crippen molar-refractivity contribution in [1.82, 2.24) is 10.2 Å². The Hall–Kier alpha value is -2.06. The molecule has 1 N–H and O–H groups in total. The van der Waals surface area contributed by atoms with E-state index in [0.717, 1.165) is 5.56 Å². The summed E-state index contributed by atoms with van der Waals surface area (Å²) in [7, 11) is 0. The van der Waals surface area contributed by atoms with Crippen molar-refractivity contribution < 1.29 is 28.2 Å². The first kappa shape index (κ1) is 27.0. The standard InChI is InChI=1S/C20H28ClFN2O5.C2H6/c1-14(2)17-4-3-15(22)11-18(17)28-10-9-27-8-6-23-20(26)29-16-5-7-24(13-16)19(25)12-21;1-2/h3-4,11,14,16H,5-10,12-13H2,1-2H3,(H,23,26);1-2H3. The molecular weight excluding hydrogens is 427 g/mol. The maximum atomic E-state index is 13.4. The quantitative estimate of drug-likeness (QED) is 0.422. The Bertz CT molecular complexity index is 690. The number of rotatable bonds is 10. The zero-order valence-electron chi connectivity index (χ0n) is 18.8. The highest BCUT2D eigenvalue weighted by atomic mass is 35.5. The van der Waals surface area contributed by atoms with Crippen LogP contribution in [0.3, 0.4) is 0 Å². The highest BCUT2D eigenvalue weighted by Crippen LogP contribution is 2.27. The van der Waals surface area contributed by atoms with Gasteiger partial charge in [0.05, 0.1) is 19.8 Å². The number of ether oxygens (including phenoxy) is 3. The van der Waals surface area contributed by atoms with Crippen molar-refractivity contribution >= 4 is 23.6 Å². The first-order valence-corrected chi connectivity index (χ1v) is 11.2. The molecule has 7 nitrogen and oxygen atoms in total. The van der Waals surface area contributed by atoms with Crippen molar-refractivity contribution in [1.29, 1.82) is 0 Å². The molecule has 1 atom stereocenters. The number of halogens is 2. The van der Waals surface area contributed by atoms with Crippen molar-refractivity contribution in [2.75, 3.05) is 45.3 Å². The summed E-state index contributed by atoms with van der Waals surface area (Å²) in [5, 5.41) is 2.60. The molecule has 0 spiro atoms. The van der Waals surface area contributed by atoms with Crippen LogP contribution in [0.15, 0.2) is 18.2 Å². The molecule has 1 aromatic rings. The number of likely N-dealkylation sites (tertiary alicyclic amines) is 1. The lowest BCUT2D eigenvalue weighted by molar-refractivity contribution is -0.127. The molecule has 1 saturated heterocycles. The number of nitrogens with zero attached hydrogens (tertiary/aromatic N) is 1. The van der Waals surface area contributed by atoms with Crippen molar-refractivity contribution in [3.8, 4) is 5.75 Å². The summed E-state index contributed by atoms with van der Waals surface area (Å²) >= 11 is 5.52. The Morgan fingerprint density at radius 2 is 2.00 bits per heavy atom. The number of hydrogen-bond acceptors (Lipinski definition) is 5. The van der Waals surface area contributed by atoms with Gasteiger partial charge in [-0.15, -0.1) is 11.6 Å². The van der Waals surface area contributed by atoms with Gasteiger partial charge in [-0.05, 0) is 17.5 Å². The van der Waals surface area contributed by atoms with Gasteiger partial charge in [-0.2, -0.15) is 0 Å². The molecule has 0 radical (unpaired) electrons. The summed E-state index contributed by atoms with van der Waals surface area (Å²) in [4.78, 5) is 24.8. The normalized spacial score (nSPS) is 15.3. The van der Waals surface area contributed by atoms with Gasteiger partial charge in [-0.25, -0.2) is 9.18 Å². The highest BCUT2D eigenvalue weighted by molar-refractivity contribution is 6.27. The number of benzene rings is 1. The Labute approximate surface area is 189 Å². The predicted molar refractivity (Wildman–Crippen MR) is 118 cm³/mol. The molecule has 2 rings (SSSR count). The largest absolute Gasteiger partial charge is 0.491 e. The van der Waals surface area contributed by atoms with E-state index in [1.54, 1.807) is 11.0 Å². The van der Waals surface area contributed by atoms with Crippen LogP contribution < -0.4 is 10.1 Å². The number of alkyl halides is 1. The number of carbonyl (C=O) groups is 2. The van der Waals surface area contributed by atoms with Crippen LogP contribution in [0.25, 0.3) is 0 Å². The summed E-state index contributed by atoms with van der Waals surface area (Å²) in [6, 6.07) is 4.51. The molecular formula is C22H34ClFN2O5. The van der Waals surface area contributed by atoms with Crippen molar-refractivity contribution in [2.45, 2.75) is 46.1 Å². The highest BCUT2D eigenvalue weighted by Gasteiger charge is 2.28. The zero-order chi connectivity index (χ0) is 23.2. The molecule has 176 valence electrons. The summed E-state index contributed by atoms with van der Waals surface area (Å²) in [5.41, 5.74) is 0.939. The van der Waals surface area contributed by atoms with E-state index in [1.807, 2.05) is 27.7 Å². The SMILES string of the molecule is CC.CC(C)c1ccc(F)cc1OCCOCCNC(=O)OC1CCN(C(=O)CCl)C1. The van der Waals surface area contributed by atoms with Crippen molar-refractivity contribution in [3.63, 3.8) is 0 Å². The van der Waals surface area contributed by atoms with Gasteiger partial charge >= 0.3 is 6.09 Å². The van der Waals surface area contributed by atoms with Crippen LogP contribution >= 0.6 is 11.6 Å². The van der Waals surface area contributed by atoms with Crippen LogP contribution in [-0.4, -0.2) is 68.3 Å². The minimum atomic E-state index is -0.545. The van der Waals surface area contributed by atoms with Gasteiger partial charge in [0.1, 0.15) is 30.2 Å². The third kappa shape index (κ3) is 9.74. The topological polar surface area (TPSA) is 77.1 Å². The van der Waals surface area contributed by atoms with Gasteiger partial charge in [-0.1, -0.05) is 33.8 Å². The zero-order valence-corrected chi connectivity index (χ0v) is 19.5. The fourth-order valence-corrected chi connectivity index (χ4v) is 3.15. The third-order valence-electron chi connectivity index (χ3n) is 4.48. The molecule has 1 fully saturated rings. The van der Waals surface area contributed by atoms with Gasteiger partial charge in [0.15, 0.2) is 0 Å². The van der Waals surface area contributed by atoms with E-state index in [1.165, 1.54) is 12.1 Å². The third-order valence-corrected chi connectivity index (χ3v) is 4.71. The second-order valence-electron chi connectivity index (χ2n) is 7.01. The summed E-state index contributed by atoms with van der Waals surface area (Å²) in [6.07, 6.45) is -0.267. The molecule has 31 heavy (non-hydrogen) atoms. The Morgan fingerprint density at radius 1 is 1.26 bits per heavy atom. The van der Waals surface area contributed by atoms with E-state index in [4.69, 9.17) is 25.8 Å². The smallest absolute Gasteiger partial charge is 0.407 e.